The van der Waals surface area contributed by atoms with E-state index in [0.717, 1.165) is 58.6 Å². The maximum Gasteiger partial charge on any atom is 0.414 e. The number of aromatic nitrogens is 3. The summed E-state index contributed by atoms with van der Waals surface area (Å²) in [5.74, 6) is 0.543. The number of nitrogens with zero attached hydrogens (tertiary/aromatic N) is 3. The van der Waals surface area contributed by atoms with Gasteiger partial charge in [-0.3, -0.25) is 19.8 Å². The molecule has 1 aromatic carbocycles. The number of rotatable bonds is 5. The van der Waals surface area contributed by atoms with E-state index in [-0.39, 0.29) is 12.0 Å². The number of H-pyrrole nitrogens is 1. The van der Waals surface area contributed by atoms with E-state index in [1.165, 1.54) is 6.92 Å². The first-order valence-corrected chi connectivity index (χ1v) is 11.0. The van der Waals surface area contributed by atoms with Gasteiger partial charge in [-0.25, -0.2) is 4.79 Å². The zero-order valence-corrected chi connectivity index (χ0v) is 18.6. The molecule has 0 unspecified atom stereocenters. The molecule has 0 radical (unpaired) electrons. The van der Waals surface area contributed by atoms with E-state index < -0.39 is 6.09 Å². The van der Waals surface area contributed by atoms with E-state index in [1.807, 2.05) is 18.2 Å². The molecule has 1 aliphatic heterocycles. The summed E-state index contributed by atoms with van der Waals surface area (Å²) < 4.78 is 10.9. The molecular formula is C24H25N5O4. The van der Waals surface area contributed by atoms with E-state index in [0.29, 0.717) is 18.8 Å². The van der Waals surface area contributed by atoms with Gasteiger partial charge in [0.2, 0.25) is 5.91 Å². The van der Waals surface area contributed by atoms with Gasteiger partial charge < -0.3 is 14.8 Å². The zero-order valence-electron chi connectivity index (χ0n) is 18.6. The molecule has 1 fully saturated rings. The predicted molar refractivity (Wildman–Crippen MR) is 122 cm³/mol. The minimum Gasteiger partial charge on any atom is -0.494 e. The Morgan fingerprint density at radius 1 is 1.30 bits per heavy atom. The summed E-state index contributed by atoms with van der Waals surface area (Å²) in [6.07, 6.45) is 5.40. The Bertz CT molecular complexity index is 1220. The molecular weight excluding hydrogens is 422 g/mol. The van der Waals surface area contributed by atoms with Crippen molar-refractivity contribution in [3.63, 3.8) is 0 Å². The maximum atomic E-state index is 12.4. The molecule has 5 rings (SSSR count). The van der Waals surface area contributed by atoms with Crippen LogP contribution in [0.5, 0.6) is 5.75 Å². The second-order valence-electron chi connectivity index (χ2n) is 8.25. The second-order valence-corrected chi connectivity index (χ2v) is 8.25. The molecule has 9 heteroatoms. The van der Waals surface area contributed by atoms with E-state index in [2.05, 4.69) is 26.6 Å². The van der Waals surface area contributed by atoms with Gasteiger partial charge in [-0.05, 0) is 43.0 Å². The van der Waals surface area contributed by atoms with Crippen molar-refractivity contribution in [1.29, 1.82) is 0 Å². The first kappa shape index (κ1) is 21.0. The summed E-state index contributed by atoms with van der Waals surface area (Å²) in [6, 6.07) is 7.94. The summed E-state index contributed by atoms with van der Waals surface area (Å²) >= 11 is 0. The highest BCUT2D eigenvalue weighted by Gasteiger charge is 2.33. The quantitative estimate of drug-likeness (QED) is 0.622. The summed E-state index contributed by atoms with van der Waals surface area (Å²) in [5.41, 5.74) is 6.97. The molecule has 2 amide bonds. The van der Waals surface area contributed by atoms with Crippen LogP contribution in [0, 0.1) is 0 Å². The predicted octanol–water partition coefficient (Wildman–Crippen LogP) is 3.10. The van der Waals surface area contributed by atoms with Crippen LogP contribution in [0.4, 0.5) is 10.5 Å². The number of carbonyl (C=O) groups excluding carboxylic acids is 2. The number of hydrogen-bond donors (Lipinski definition) is 2. The van der Waals surface area contributed by atoms with Crippen molar-refractivity contribution >= 4 is 17.7 Å². The van der Waals surface area contributed by atoms with Crippen molar-refractivity contribution in [2.75, 3.05) is 25.1 Å². The minimum absolute atomic E-state index is 0.145. The Kier molecular flexibility index (Phi) is 5.45. The first-order chi connectivity index (χ1) is 16.0. The number of pyridine rings is 1. The number of methoxy groups -OCH3 is 1. The van der Waals surface area contributed by atoms with Crippen LogP contribution >= 0.6 is 0 Å². The number of aromatic amines is 1. The molecule has 0 bridgehead atoms. The van der Waals surface area contributed by atoms with Gasteiger partial charge in [-0.1, -0.05) is 6.07 Å². The van der Waals surface area contributed by atoms with Gasteiger partial charge in [0.1, 0.15) is 11.9 Å². The highest BCUT2D eigenvalue weighted by Crippen LogP contribution is 2.40. The van der Waals surface area contributed by atoms with Crippen molar-refractivity contribution in [3.05, 3.63) is 47.8 Å². The monoisotopic (exact) mass is 447 g/mol. The summed E-state index contributed by atoms with van der Waals surface area (Å²) in [6.45, 7) is 2.15. The minimum atomic E-state index is -0.395. The van der Waals surface area contributed by atoms with Crippen LogP contribution in [0.25, 0.3) is 22.5 Å². The van der Waals surface area contributed by atoms with Gasteiger partial charge in [-0.15, -0.1) is 0 Å². The van der Waals surface area contributed by atoms with Crippen LogP contribution in [0.1, 0.15) is 24.5 Å². The van der Waals surface area contributed by atoms with E-state index >= 15 is 0 Å². The summed E-state index contributed by atoms with van der Waals surface area (Å²) in [5, 5.41) is 10.6. The number of ether oxygens (including phenoxy) is 2. The van der Waals surface area contributed by atoms with Crippen LogP contribution in [0.2, 0.25) is 0 Å². The summed E-state index contributed by atoms with van der Waals surface area (Å²) in [4.78, 5) is 29.4. The molecule has 33 heavy (non-hydrogen) atoms. The average Bonchev–Trinajstić information content (AvgIpc) is 3.35. The number of nitrogens with one attached hydrogen (secondary N) is 2. The normalized spacial score (nSPS) is 17.1. The van der Waals surface area contributed by atoms with Crippen molar-refractivity contribution in [1.82, 2.24) is 20.5 Å². The molecule has 170 valence electrons. The van der Waals surface area contributed by atoms with Crippen LogP contribution in [0.15, 0.2) is 36.7 Å². The molecule has 3 heterocycles. The molecule has 0 spiro atoms. The van der Waals surface area contributed by atoms with Crippen LogP contribution < -0.4 is 15.0 Å². The van der Waals surface area contributed by atoms with E-state index in [4.69, 9.17) is 9.47 Å². The van der Waals surface area contributed by atoms with Gasteiger partial charge in [0.25, 0.3) is 0 Å². The van der Waals surface area contributed by atoms with Gasteiger partial charge in [-0.2, -0.15) is 5.10 Å². The number of fused-ring (bicyclic) bond motifs is 3. The number of hydrogen-bond acceptors (Lipinski definition) is 6. The molecule has 9 nitrogen and oxygen atoms in total. The molecule has 2 N–H and O–H groups in total. The lowest BCUT2D eigenvalue weighted by Crippen LogP contribution is -2.33. The van der Waals surface area contributed by atoms with Gasteiger partial charge in [0.05, 0.1) is 37.8 Å². The van der Waals surface area contributed by atoms with Gasteiger partial charge >= 0.3 is 6.09 Å². The average molecular weight is 447 g/mol. The Morgan fingerprint density at radius 2 is 2.18 bits per heavy atom. The Hall–Kier alpha value is -3.88. The topological polar surface area (TPSA) is 109 Å². The smallest absolute Gasteiger partial charge is 0.414 e. The fourth-order valence-corrected chi connectivity index (χ4v) is 4.54. The highest BCUT2D eigenvalue weighted by atomic mass is 16.6. The maximum absolute atomic E-state index is 12.4. The second kappa shape index (κ2) is 8.57. The number of benzene rings is 1. The SMILES string of the molecule is COc1cnccc1-c1n[nH]c2c1CCCc1cc(N3C[C@H](CNC(C)=O)OC3=O)ccc1-2. The fraction of sp³-hybridized carbons (Fsp3) is 0.333. The molecule has 1 aliphatic carbocycles. The number of carbonyl (C=O) groups is 2. The molecule has 2 aliphatic rings. The standard InChI is InChI=1S/C24H25N5O4/c1-14(30)26-11-17-13-29(24(31)33-17)16-6-7-18-15(10-16)4-3-5-20-22(18)27-28-23(20)19-8-9-25-12-21(19)32-2/h6-10,12,17H,3-5,11,13H2,1-2H3,(H,26,30)(H,27,28)/t17-/m0/s1. The van der Waals surface area contributed by atoms with Gasteiger partial charge in [0, 0.05) is 35.5 Å². The molecule has 1 atom stereocenters. The Morgan fingerprint density at radius 3 is 3.00 bits per heavy atom. The van der Waals surface area contributed by atoms with E-state index in [1.54, 1.807) is 24.4 Å². The lowest BCUT2D eigenvalue weighted by Gasteiger charge is -2.16. The molecule has 3 aromatic rings. The zero-order chi connectivity index (χ0) is 22.9. The van der Waals surface area contributed by atoms with Crippen molar-refractivity contribution < 1.29 is 19.1 Å². The Labute approximate surface area is 191 Å². The third-order valence-corrected chi connectivity index (χ3v) is 6.12. The Balaban J connectivity index is 1.45. The van der Waals surface area contributed by atoms with Crippen molar-refractivity contribution in [2.45, 2.75) is 32.3 Å². The largest absolute Gasteiger partial charge is 0.494 e. The fourth-order valence-electron chi connectivity index (χ4n) is 4.54. The molecule has 0 saturated carbocycles. The highest BCUT2D eigenvalue weighted by molar-refractivity contribution is 5.91. The third kappa shape index (κ3) is 3.90. The van der Waals surface area contributed by atoms with Gasteiger partial charge in [0.15, 0.2) is 0 Å². The van der Waals surface area contributed by atoms with Crippen LogP contribution in [-0.2, 0) is 22.4 Å². The lowest BCUT2D eigenvalue weighted by atomic mass is 9.99. The third-order valence-electron chi connectivity index (χ3n) is 6.12. The number of amides is 2. The van der Waals surface area contributed by atoms with Crippen molar-refractivity contribution in [2.24, 2.45) is 0 Å². The molecule has 2 aromatic heterocycles. The van der Waals surface area contributed by atoms with E-state index in [9.17, 15) is 9.59 Å². The van der Waals surface area contributed by atoms with Crippen LogP contribution in [0.3, 0.4) is 0 Å². The first-order valence-electron chi connectivity index (χ1n) is 11.0. The lowest BCUT2D eigenvalue weighted by molar-refractivity contribution is -0.119. The van der Waals surface area contributed by atoms with Crippen molar-refractivity contribution in [3.8, 4) is 28.3 Å². The number of aryl methyl sites for hydroxylation is 1. The molecule has 1 saturated heterocycles. The van der Waals surface area contributed by atoms with Crippen LogP contribution in [-0.4, -0.2) is 53.5 Å². The number of anilines is 1. The summed E-state index contributed by atoms with van der Waals surface area (Å²) in [7, 11) is 1.63. The number of cyclic esters (lactones) is 1.